The Hall–Kier alpha value is -3.52. The second-order valence-electron chi connectivity index (χ2n) is 8.53. The molecule has 0 heterocycles. The lowest BCUT2D eigenvalue weighted by Crippen LogP contribution is -2.31. The minimum Gasteiger partial charge on any atom is -0.398 e. The standard InChI is InChI=1S/C29H30N2/c1-19-15-25(16-20(2)27(19)30)29(23-11-7-5-8-12-23,24-13-9-6-10-14-24)26-17-21(3)28(31)22(4)18-26/h5-18H,30-31H2,1-4H3. The molecular formula is C29H30N2. The Balaban J connectivity index is 2.21. The van der Waals surface area contributed by atoms with Crippen molar-refractivity contribution in [2.45, 2.75) is 33.1 Å². The van der Waals surface area contributed by atoms with Crippen LogP contribution in [-0.2, 0) is 5.41 Å². The van der Waals surface area contributed by atoms with Gasteiger partial charge in [0.2, 0.25) is 0 Å². The summed E-state index contributed by atoms with van der Waals surface area (Å²) >= 11 is 0. The van der Waals surface area contributed by atoms with Crippen molar-refractivity contribution in [1.29, 1.82) is 0 Å². The molecule has 0 aliphatic carbocycles. The number of anilines is 2. The highest BCUT2D eigenvalue weighted by atomic mass is 14.6. The predicted octanol–water partition coefficient (Wildman–Crippen LogP) is 6.47. The lowest BCUT2D eigenvalue weighted by atomic mass is 9.64. The van der Waals surface area contributed by atoms with E-state index < -0.39 is 5.41 Å². The normalized spacial score (nSPS) is 11.5. The summed E-state index contributed by atoms with van der Waals surface area (Å²) in [5.74, 6) is 0. The van der Waals surface area contributed by atoms with Crippen molar-refractivity contribution in [3.63, 3.8) is 0 Å². The number of benzene rings is 4. The molecule has 0 unspecified atom stereocenters. The van der Waals surface area contributed by atoms with Gasteiger partial charge in [0.05, 0.1) is 5.41 Å². The molecule has 0 aromatic heterocycles. The summed E-state index contributed by atoms with van der Waals surface area (Å²) in [6.45, 7) is 8.36. The second kappa shape index (κ2) is 7.96. The molecule has 0 bridgehead atoms. The minimum atomic E-state index is -0.491. The Morgan fingerprint density at radius 2 is 0.742 bits per heavy atom. The highest BCUT2D eigenvalue weighted by molar-refractivity contribution is 5.67. The van der Waals surface area contributed by atoms with E-state index in [2.05, 4.69) is 113 Å². The molecule has 0 aliphatic rings. The van der Waals surface area contributed by atoms with Crippen LogP contribution in [0.4, 0.5) is 11.4 Å². The molecule has 0 saturated heterocycles. The van der Waals surface area contributed by atoms with E-state index in [1.807, 2.05) is 0 Å². The van der Waals surface area contributed by atoms with Gasteiger partial charge in [-0.3, -0.25) is 0 Å². The third-order valence-corrected chi connectivity index (χ3v) is 6.47. The van der Waals surface area contributed by atoms with Gasteiger partial charge in [-0.05, 0) is 72.2 Å². The molecule has 2 nitrogen and oxygen atoms in total. The van der Waals surface area contributed by atoms with Crippen molar-refractivity contribution < 1.29 is 0 Å². The highest BCUT2D eigenvalue weighted by Crippen LogP contribution is 2.47. The van der Waals surface area contributed by atoms with Gasteiger partial charge in [0, 0.05) is 11.4 Å². The first-order chi connectivity index (χ1) is 14.9. The Labute approximate surface area is 185 Å². The van der Waals surface area contributed by atoms with E-state index in [4.69, 9.17) is 11.5 Å². The van der Waals surface area contributed by atoms with Gasteiger partial charge < -0.3 is 11.5 Å². The zero-order chi connectivity index (χ0) is 22.2. The first-order valence-corrected chi connectivity index (χ1v) is 10.7. The molecule has 0 amide bonds. The molecule has 4 aromatic rings. The van der Waals surface area contributed by atoms with Crippen LogP contribution >= 0.6 is 0 Å². The van der Waals surface area contributed by atoms with Gasteiger partial charge in [-0.2, -0.15) is 0 Å². The van der Waals surface area contributed by atoms with Crippen molar-refractivity contribution in [1.82, 2.24) is 0 Å². The topological polar surface area (TPSA) is 52.0 Å². The molecular weight excluding hydrogens is 376 g/mol. The minimum absolute atomic E-state index is 0.491. The molecule has 0 aliphatic heterocycles. The van der Waals surface area contributed by atoms with Crippen LogP contribution in [0.5, 0.6) is 0 Å². The van der Waals surface area contributed by atoms with Crippen molar-refractivity contribution in [2.24, 2.45) is 0 Å². The van der Waals surface area contributed by atoms with E-state index >= 15 is 0 Å². The average Bonchev–Trinajstić information content (AvgIpc) is 2.77. The SMILES string of the molecule is Cc1cc(C(c2ccccc2)(c2ccccc2)c2cc(C)c(N)c(C)c2)cc(C)c1N. The summed E-state index contributed by atoms with van der Waals surface area (Å²) in [4.78, 5) is 0. The maximum Gasteiger partial charge on any atom is 0.0702 e. The number of aryl methyl sites for hydroxylation is 4. The summed E-state index contributed by atoms with van der Waals surface area (Å²) in [7, 11) is 0. The summed E-state index contributed by atoms with van der Waals surface area (Å²) in [5.41, 5.74) is 23.1. The van der Waals surface area contributed by atoms with E-state index in [1.54, 1.807) is 0 Å². The van der Waals surface area contributed by atoms with E-state index in [0.29, 0.717) is 0 Å². The Kier molecular flexibility index (Phi) is 5.32. The number of rotatable bonds is 4. The molecule has 2 heteroatoms. The Morgan fingerprint density at radius 1 is 0.452 bits per heavy atom. The van der Waals surface area contributed by atoms with Gasteiger partial charge in [-0.1, -0.05) is 84.9 Å². The molecule has 4 aromatic carbocycles. The first kappa shape index (κ1) is 20.7. The molecule has 31 heavy (non-hydrogen) atoms. The second-order valence-corrected chi connectivity index (χ2v) is 8.53. The van der Waals surface area contributed by atoms with Crippen LogP contribution in [-0.4, -0.2) is 0 Å². The van der Waals surface area contributed by atoms with Crippen molar-refractivity contribution >= 4 is 11.4 Å². The number of hydrogen-bond acceptors (Lipinski definition) is 2. The van der Waals surface area contributed by atoms with Crippen LogP contribution in [0.1, 0.15) is 44.5 Å². The highest BCUT2D eigenvalue weighted by Gasteiger charge is 2.39. The van der Waals surface area contributed by atoms with Crippen molar-refractivity contribution in [2.75, 3.05) is 11.5 Å². The van der Waals surface area contributed by atoms with Gasteiger partial charge in [-0.15, -0.1) is 0 Å². The fraction of sp³-hybridized carbons (Fsp3) is 0.172. The van der Waals surface area contributed by atoms with Crippen LogP contribution < -0.4 is 11.5 Å². The predicted molar refractivity (Wildman–Crippen MR) is 133 cm³/mol. The summed E-state index contributed by atoms with van der Waals surface area (Å²) in [6.07, 6.45) is 0. The summed E-state index contributed by atoms with van der Waals surface area (Å²) < 4.78 is 0. The van der Waals surface area contributed by atoms with E-state index in [9.17, 15) is 0 Å². The average molecular weight is 407 g/mol. The Bertz CT molecular complexity index is 1080. The number of hydrogen-bond donors (Lipinski definition) is 2. The fourth-order valence-corrected chi connectivity index (χ4v) is 4.76. The molecule has 156 valence electrons. The van der Waals surface area contributed by atoms with Crippen molar-refractivity contribution in [3.05, 3.63) is 129 Å². The summed E-state index contributed by atoms with van der Waals surface area (Å²) in [5, 5.41) is 0. The molecule has 0 radical (unpaired) electrons. The molecule has 4 rings (SSSR count). The Morgan fingerprint density at radius 3 is 1.03 bits per heavy atom. The monoisotopic (exact) mass is 406 g/mol. The molecule has 4 N–H and O–H groups in total. The van der Waals surface area contributed by atoms with Crippen LogP contribution in [0.25, 0.3) is 0 Å². The van der Waals surface area contributed by atoms with Crippen LogP contribution in [0.2, 0.25) is 0 Å². The van der Waals surface area contributed by atoms with Gasteiger partial charge in [-0.25, -0.2) is 0 Å². The fourth-order valence-electron chi connectivity index (χ4n) is 4.76. The molecule has 0 spiro atoms. The van der Waals surface area contributed by atoms with Crippen LogP contribution in [0.3, 0.4) is 0 Å². The maximum atomic E-state index is 6.36. The third-order valence-electron chi connectivity index (χ3n) is 6.47. The lowest BCUT2D eigenvalue weighted by Gasteiger charge is -2.38. The van der Waals surface area contributed by atoms with Gasteiger partial charge in [0.1, 0.15) is 0 Å². The van der Waals surface area contributed by atoms with Crippen molar-refractivity contribution in [3.8, 4) is 0 Å². The van der Waals surface area contributed by atoms with E-state index in [0.717, 1.165) is 33.6 Å². The summed E-state index contributed by atoms with van der Waals surface area (Å²) in [6, 6.07) is 30.4. The third kappa shape index (κ3) is 3.38. The zero-order valence-electron chi connectivity index (χ0n) is 18.7. The largest absolute Gasteiger partial charge is 0.398 e. The van der Waals surface area contributed by atoms with Gasteiger partial charge in [0.25, 0.3) is 0 Å². The van der Waals surface area contributed by atoms with Crippen LogP contribution in [0.15, 0.2) is 84.9 Å². The van der Waals surface area contributed by atoms with Crippen LogP contribution in [0, 0.1) is 27.7 Å². The maximum absolute atomic E-state index is 6.36. The molecule has 0 fully saturated rings. The van der Waals surface area contributed by atoms with Gasteiger partial charge >= 0.3 is 0 Å². The number of nitrogen functional groups attached to an aromatic ring is 2. The zero-order valence-corrected chi connectivity index (χ0v) is 18.7. The quantitative estimate of drug-likeness (QED) is 0.301. The smallest absolute Gasteiger partial charge is 0.0702 e. The van der Waals surface area contributed by atoms with E-state index in [1.165, 1.54) is 22.3 Å². The first-order valence-electron chi connectivity index (χ1n) is 10.7. The van der Waals surface area contributed by atoms with Gasteiger partial charge in [0.15, 0.2) is 0 Å². The molecule has 0 saturated carbocycles. The van der Waals surface area contributed by atoms with E-state index in [-0.39, 0.29) is 0 Å². The lowest BCUT2D eigenvalue weighted by molar-refractivity contribution is 0.741. The molecule has 0 atom stereocenters. The number of nitrogens with two attached hydrogens (primary N) is 2.